The summed E-state index contributed by atoms with van der Waals surface area (Å²) in [6.45, 7) is 2.67. The number of unbranched alkanes of at least 4 members (excludes halogenated alkanes) is 11. The van der Waals surface area contributed by atoms with Crippen LogP contribution in [-0.2, 0) is 6.18 Å². The Hall–Kier alpha value is -1.59. The van der Waals surface area contributed by atoms with Crippen LogP contribution in [0.4, 0.5) is 17.6 Å². The Morgan fingerprint density at radius 2 is 1.36 bits per heavy atom. The van der Waals surface area contributed by atoms with Gasteiger partial charge in [-0.05, 0) is 24.6 Å². The molecule has 0 saturated carbocycles. The topological polar surface area (TPSA) is 29.1 Å². The molecule has 1 amide bonds. The molecule has 0 aliphatic rings. The van der Waals surface area contributed by atoms with Crippen LogP contribution in [0.1, 0.15) is 99.9 Å². The molecule has 1 aromatic rings. The maximum Gasteiger partial charge on any atom is 0.419 e. The second kappa shape index (κ2) is 13.6. The minimum Gasteiger partial charge on any atom is -0.352 e. The zero-order valence-corrected chi connectivity index (χ0v) is 16.8. The van der Waals surface area contributed by atoms with Gasteiger partial charge in [-0.2, -0.15) is 13.2 Å². The summed E-state index contributed by atoms with van der Waals surface area (Å²) in [5, 5.41) is 2.63. The molecule has 0 atom stereocenters. The van der Waals surface area contributed by atoms with Gasteiger partial charge in [-0.3, -0.25) is 4.79 Å². The largest absolute Gasteiger partial charge is 0.419 e. The first-order valence-corrected chi connectivity index (χ1v) is 10.5. The van der Waals surface area contributed by atoms with Crippen LogP contribution in [0.5, 0.6) is 0 Å². The highest BCUT2D eigenvalue weighted by molar-refractivity contribution is 5.94. The van der Waals surface area contributed by atoms with Gasteiger partial charge in [-0.1, -0.05) is 77.6 Å². The summed E-state index contributed by atoms with van der Waals surface area (Å²) in [7, 11) is 0. The predicted molar refractivity (Wildman–Crippen MR) is 105 cm³/mol. The van der Waals surface area contributed by atoms with Gasteiger partial charge in [-0.15, -0.1) is 0 Å². The molecule has 1 N–H and O–H groups in total. The summed E-state index contributed by atoms with van der Waals surface area (Å²) < 4.78 is 51.1. The van der Waals surface area contributed by atoms with Crippen molar-refractivity contribution >= 4 is 5.91 Å². The molecule has 0 saturated heterocycles. The van der Waals surface area contributed by atoms with Crippen LogP contribution in [0.15, 0.2) is 18.2 Å². The number of halogens is 4. The van der Waals surface area contributed by atoms with Crippen molar-refractivity contribution in [3.63, 3.8) is 0 Å². The van der Waals surface area contributed by atoms with Crippen molar-refractivity contribution in [2.75, 3.05) is 6.54 Å². The highest BCUT2D eigenvalue weighted by atomic mass is 19.4. The molecule has 28 heavy (non-hydrogen) atoms. The number of nitrogens with one attached hydrogen (secondary N) is 1. The zero-order chi connectivity index (χ0) is 20.8. The molecule has 0 aromatic heterocycles. The van der Waals surface area contributed by atoms with Crippen molar-refractivity contribution in [3.8, 4) is 0 Å². The summed E-state index contributed by atoms with van der Waals surface area (Å²) in [4.78, 5) is 11.9. The van der Waals surface area contributed by atoms with Crippen LogP contribution >= 0.6 is 0 Å². The van der Waals surface area contributed by atoms with Crippen molar-refractivity contribution in [2.45, 2.75) is 90.1 Å². The van der Waals surface area contributed by atoms with E-state index in [0.29, 0.717) is 18.7 Å². The second-order valence-electron chi connectivity index (χ2n) is 7.34. The highest BCUT2D eigenvalue weighted by Gasteiger charge is 2.34. The van der Waals surface area contributed by atoms with E-state index >= 15 is 0 Å². The summed E-state index contributed by atoms with van der Waals surface area (Å²) in [6.07, 6.45) is 9.82. The Labute approximate surface area is 166 Å². The number of hydrogen-bond donors (Lipinski definition) is 1. The third kappa shape index (κ3) is 10.1. The van der Waals surface area contributed by atoms with Gasteiger partial charge in [0, 0.05) is 12.1 Å². The summed E-state index contributed by atoms with van der Waals surface area (Å²) >= 11 is 0. The molecular weight excluding hydrogens is 370 g/mol. The van der Waals surface area contributed by atoms with E-state index in [-0.39, 0.29) is 5.56 Å². The van der Waals surface area contributed by atoms with Crippen molar-refractivity contribution in [2.24, 2.45) is 0 Å². The first kappa shape index (κ1) is 24.4. The lowest BCUT2D eigenvalue weighted by Crippen LogP contribution is -2.24. The summed E-state index contributed by atoms with van der Waals surface area (Å²) in [5.41, 5.74) is -1.45. The van der Waals surface area contributed by atoms with Gasteiger partial charge in [0.05, 0.1) is 5.56 Å². The fourth-order valence-electron chi connectivity index (χ4n) is 3.16. The number of benzene rings is 1. The number of rotatable bonds is 14. The van der Waals surface area contributed by atoms with E-state index < -0.39 is 23.5 Å². The molecule has 0 aliphatic heterocycles. The lowest BCUT2D eigenvalue weighted by atomic mass is 10.1. The third-order valence-electron chi connectivity index (χ3n) is 4.85. The number of carbonyl (C=O) groups excluding carboxylic acids is 1. The fourth-order valence-corrected chi connectivity index (χ4v) is 3.16. The SMILES string of the molecule is CCCCCCCCCCCCCCNC(=O)c1ccc(C(F)(F)F)c(F)c1. The molecule has 0 radical (unpaired) electrons. The van der Waals surface area contributed by atoms with Crippen molar-refractivity contribution in [3.05, 3.63) is 35.1 Å². The monoisotopic (exact) mass is 403 g/mol. The average molecular weight is 404 g/mol. The maximum absolute atomic E-state index is 13.5. The molecule has 0 fully saturated rings. The first-order valence-electron chi connectivity index (χ1n) is 10.5. The fraction of sp³-hybridized carbons (Fsp3) is 0.682. The average Bonchev–Trinajstić information content (AvgIpc) is 2.64. The normalized spacial score (nSPS) is 11.6. The molecule has 2 nitrogen and oxygen atoms in total. The Bertz CT molecular complexity index is 572. The Kier molecular flexibility index (Phi) is 11.8. The molecule has 1 aromatic carbocycles. The second-order valence-corrected chi connectivity index (χ2v) is 7.34. The standard InChI is InChI=1S/C22H33F4NO/c1-2-3-4-5-6-7-8-9-10-11-12-13-16-27-21(28)18-14-15-19(20(23)17-18)22(24,25)26/h14-15,17H,2-13,16H2,1H3,(H,27,28). The lowest BCUT2D eigenvalue weighted by molar-refractivity contribution is -0.140. The van der Waals surface area contributed by atoms with Crippen molar-refractivity contribution in [1.29, 1.82) is 0 Å². The smallest absolute Gasteiger partial charge is 0.352 e. The van der Waals surface area contributed by atoms with Gasteiger partial charge in [0.2, 0.25) is 0 Å². The van der Waals surface area contributed by atoms with Crippen LogP contribution < -0.4 is 5.32 Å². The minimum atomic E-state index is -4.76. The van der Waals surface area contributed by atoms with Gasteiger partial charge >= 0.3 is 6.18 Å². The number of carbonyl (C=O) groups is 1. The number of amides is 1. The van der Waals surface area contributed by atoms with E-state index in [1.165, 1.54) is 57.8 Å². The predicted octanol–water partition coefficient (Wildman–Crippen LogP) is 7.28. The van der Waals surface area contributed by atoms with Gasteiger partial charge in [0.15, 0.2) is 0 Å². The molecule has 0 spiro atoms. The van der Waals surface area contributed by atoms with Gasteiger partial charge in [0.25, 0.3) is 5.91 Å². The summed E-state index contributed by atoms with van der Waals surface area (Å²) in [6, 6.07) is 2.25. The number of alkyl halides is 3. The van der Waals surface area contributed by atoms with E-state index in [1.54, 1.807) is 0 Å². The molecule has 0 heterocycles. The van der Waals surface area contributed by atoms with Gasteiger partial charge < -0.3 is 5.32 Å². The van der Waals surface area contributed by atoms with Gasteiger partial charge in [-0.25, -0.2) is 4.39 Å². The summed E-state index contributed by atoms with van der Waals surface area (Å²) in [5.74, 6) is -1.97. The molecule has 1 rings (SSSR count). The van der Waals surface area contributed by atoms with E-state index in [0.717, 1.165) is 25.3 Å². The molecule has 0 unspecified atom stereocenters. The molecular formula is C22H33F4NO. The minimum absolute atomic E-state index is 0.0931. The van der Waals surface area contributed by atoms with E-state index in [1.807, 2.05) is 0 Å². The quantitative estimate of drug-likeness (QED) is 0.257. The molecule has 0 bridgehead atoms. The van der Waals surface area contributed by atoms with E-state index in [9.17, 15) is 22.4 Å². The van der Waals surface area contributed by atoms with Crippen LogP contribution in [0.2, 0.25) is 0 Å². The lowest BCUT2D eigenvalue weighted by Gasteiger charge is -2.10. The van der Waals surface area contributed by atoms with Crippen LogP contribution in [0, 0.1) is 5.82 Å². The zero-order valence-electron chi connectivity index (χ0n) is 16.8. The first-order chi connectivity index (χ1) is 13.4. The Morgan fingerprint density at radius 1 is 0.857 bits per heavy atom. The Balaban J connectivity index is 2.07. The highest BCUT2D eigenvalue weighted by Crippen LogP contribution is 2.31. The van der Waals surface area contributed by atoms with Gasteiger partial charge in [0.1, 0.15) is 5.82 Å². The number of hydrogen-bond acceptors (Lipinski definition) is 1. The Morgan fingerprint density at radius 3 is 1.82 bits per heavy atom. The van der Waals surface area contributed by atoms with Crippen molar-refractivity contribution in [1.82, 2.24) is 5.32 Å². The molecule has 0 aliphatic carbocycles. The van der Waals surface area contributed by atoms with Crippen LogP contribution in [0.3, 0.4) is 0 Å². The van der Waals surface area contributed by atoms with E-state index in [4.69, 9.17) is 0 Å². The molecule has 160 valence electrons. The van der Waals surface area contributed by atoms with Crippen LogP contribution in [-0.4, -0.2) is 12.5 Å². The molecule has 6 heteroatoms. The van der Waals surface area contributed by atoms with Crippen molar-refractivity contribution < 1.29 is 22.4 Å². The third-order valence-corrected chi connectivity index (χ3v) is 4.85. The maximum atomic E-state index is 13.5. The van der Waals surface area contributed by atoms with Crippen LogP contribution in [0.25, 0.3) is 0 Å². The van der Waals surface area contributed by atoms with E-state index in [2.05, 4.69) is 12.2 Å².